The summed E-state index contributed by atoms with van der Waals surface area (Å²) in [6.07, 6.45) is 2.41. The minimum Gasteiger partial charge on any atom is -0.299 e. The highest BCUT2D eigenvalue weighted by Gasteiger charge is 2.43. The zero-order valence-corrected chi connectivity index (χ0v) is 12.2. The standard InChI is InChI=1S/C16H25F3O/c1-2-11-3-5-12(6-4-11)15(20)13-7-9-14(10-8-13)16(17,18)19/h11-14H,2-10H2,1H3. The fraction of sp³-hybridized carbons (Fsp3) is 0.938. The van der Waals surface area contributed by atoms with Gasteiger partial charge in [0.25, 0.3) is 0 Å². The van der Waals surface area contributed by atoms with Gasteiger partial charge in [-0.3, -0.25) is 4.79 Å². The summed E-state index contributed by atoms with van der Waals surface area (Å²) in [6.45, 7) is 2.19. The Bertz CT molecular complexity index is 321. The zero-order chi connectivity index (χ0) is 14.8. The van der Waals surface area contributed by atoms with E-state index in [-0.39, 0.29) is 30.5 Å². The van der Waals surface area contributed by atoms with Crippen molar-refractivity contribution in [1.29, 1.82) is 0 Å². The molecule has 0 N–H and O–H groups in total. The normalized spacial score (nSPS) is 35.8. The molecule has 0 atom stereocenters. The number of Topliss-reactive ketones (excluding diaryl/α,β-unsaturated/α-hetero) is 1. The molecule has 0 aromatic carbocycles. The first-order valence-electron chi connectivity index (χ1n) is 8.02. The number of carbonyl (C=O) groups is 1. The second-order valence-corrected chi connectivity index (χ2v) is 6.62. The lowest BCUT2D eigenvalue weighted by atomic mass is 9.72. The lowest BCUT2D eigenvalue weighted by Crippen LogP contribution is -2.33. The van der Waals surface area contributed by atoms with Crippen LogP contribution in [0.5, 0.6) is 0 Å². The van der Waals surface area contributed by atoms with E-state index in [4.69, 9.17) is 0 Å². The molecule has 2 saturated carbocycles. The van der Waals surface area contributed by atoms with E-state index in [2.05, 4.69) is 6.92 Å². The first-order chi connectivity index (χ1) is 9.41. The summed E-state index contributed by atoms with van der Waals surface area (Å²) in [4.78, 5) is 12.4. The van der Waals surface area contributed by atoms with Crippen molar-refractivity contribution in [2.24, 2.45) is 23.7 Å². The van der Waals surface area contributed by atoms with Crippen molar-refractivity contribution in [3.05, 3.63) is 0 Å². The van der Waals surface area contributed by atoms with Crippen LogP contribution in [-0.4, -0.2) is 12.0 Å². The molecule has 0 bridgehead atoms. The van der Waals surface area contributed by atoms with E-state index in [0.29, 0.717) is 12.8 Å². The summed E-state index contributed by atoms with van der Waals surface area (Å²) in [7, 11) is 0. The quantitative estimate of drug-likeness (QED) is 0.703. The van der Waals surface area contributed by atoms with E-state index in [1.807, 2.05) is 0 Å². The van der Waals surface area contributed by atoms with Crippen molar-refractivity contribution in [2.75, 3.05) is 0 Å². The van der Waals surface area contributed by atoms with Crippen molar-refractivity contribution in [3.63, 3.8) is 0 Å². The third-order valence-corrected chi connectivity index (χ3v) is 5.42. The van der Waals surface area contributed by atoms with Crippen LogP contribution in [0.3, 0.4) is 0 Å². The molecule has 0 saturated heterocycles. The molecule has 2 aliphatic carbocycles. The van der Waals surface area contributed by atoms with Gasteiger partial charge in [0.1, 0.15) is 5.78 Å². The van der Waals surface area contributed by atoms with Gasteiger partial charge >= 0.3 is 6.18 Å². The van der Waals surface area contributed by atoms with E-state index < -0.39 is 12.1 Å². The van der Waals surface area contributed by atoms with E-state index in [1.54, 1.807) is 0 Å². The van der Waals surface area contributed by atoms with E-state index in [0.717, 1.165) is 31.6 Å². The van der Waals surface area contributed by atoms with Gasteiger partial charge in [-0.25, -0.2) is 0 Å². The predicted octanol–water partition coefficient (Wildman–Crippen LogP) is 5.14. The summed E-state index contributed by atoms with van der Waals surface area (Å²) >= 11 is 0. The van der Waals surface area contributed by atoms with E-state index in [1.165, 1.54) is 6.42 Å². The van der Waals surface area contributed by atoms with Crippen LogP contribution in [0.25, 0.3) is 0 Å². The van der Waals surface area contributed by atoms with Crippen molar-refractivity contribution in [2.45, 2.75) is 70.9 Å². The summed E-state index contributed by atoms with van der Waals surface area (Å²) in [6, 6.07) is 0. The number of halogens is 3. The second kappa shape index (κ2) is 6.48. The summed E-state index contributed by atoms with van der Waals surface area (Å²) < 4.78 is 37.9. The topological polar surface area (TPSA) is 17.1 Å². The van der Waals surface area contributed by atoms with Gasteiger partial charge in [-0.2, -0.15) is 13.2 Å². The Morgan fingerprint density at radius 1 is 0.900 bits per heavy atom. The van der Waals surface area contributed by atoms with Gasteiger partial charge in [0.2, 0.25) is 0 Å². The minimum absolute atomic E-state index is 0.100. The molecule has 2 fully saturated rings. The van der Waals surface area contributed by atoms with Crippen molar-refractivity contribution >= 4 is 5.78 Å². The zero-order valence-electron chi connectivity index (χ0n) is 12.2. The predicted molar refractivity (Wildman–Crippen MR) is 72.2 cm³/mol. The number of ketones is 1. The lowest BCUT2D eigenvalue weighted by Gasteiger charge is -2.33. The molecule has 0 aliphatic heterocycles. The molecular formula is C16H25F3O. The Labute approximate surface area is 119 Å². The van der Waals surface area contributed by atoms with Crippen molar-refractivity contribution in [3.8, 4) is 0 Å². The monoisotopic (exact) mass is 290 g/mol. The van der Waals surface area contributed by atoms with Gasteiger partial charge in [0.15, 0.2) is 0 Å². The van der Waals surface area contributed by atoms with Crippen LogP contribution < -0.4 is 0 Å². The third kappa shape index (κ3) is 3.76. The second-order valence-electron chi connectivity index (χ2n) is 6.62. The first kappa shape index (κ1) is 15.8. The SMILES string of the molecule is CCC1CCC(C(=O)C2CCC(C(F)(F)F)CC2)CC1. The molecule has 0 aromatic rings. The van der Waals surface area contributed by atoms with Gasteiger partial charge < -0.3 is 0 Å². The highest BCUT2D eigenvalue weighted by atomic mass is 19.4. The number of hydrogen-bond donors (Lipinski definition) is 0. The first-order valence-corrected chi connectivity index (χ1v) is 8.02. The molecule has 116 valence electrons. The summed E-state index contributed by atoms with van der Waals surface area (Å²) in [5, 5.41) is 0. The van der Waals surface area contributed by atoms with Gasteiger partial charge in [-0.05, 0) is 57.3 Å². The Kier molecular flexibility index (Phi) is 5.14. The van der Waals surface area contributed by atoms with Gasteiger partial charge in [-0.1, -0.05) is 13.3 Å². The number of alkyl halides is 3. The Morgan fingerprint density at radius 3 is 1.75 bits per heavy atom. The van der Waals surface area contributed by atoms with Gasteiger partial charge in [0, 0.05) is 11.8 Å². The van der Waals surface area contributed by atoms with Gasteiger partial charge in [-0.15, -0.1) is 0 Å². The van der Waals surface area contributed by atoms with Crippen molar-refractivity contribution in [1.82, 2.24) is 0 Å². The van der Waals surface area contributed by atoms with Crippen LogP contribution in [0, 0.1) is 23.7 Å². The molecule has 2 rings (SSSR count). The van der Waals surface area contributed by atoms with Crippen LogP contribution in [0.15, 0.2) is 0 Å². The number of rotatable bonds is 3. The molecule has 0 heterocycles. The molecule has 0 radical (unpaired) electrons. The van der Waals surface area contributed by atoms with Gasteiger partial charge in [0.05, 0.1) is 5.92 Å². The molecular weight excluding hydrogens is 265 g/mol. The number of carbonyl (C=O) groups excluding carboxylic acids is 1. The highest BCUT2D eigenvalue weighted by Crippen LogP contribution is 2.42. The van der Waals surface area contributed by atoms with E-state index in [9.17, 15) is 18.0 Å². The molecule has 4 heteroatoms. The fourth-order valence-corrected chi connectivity index (χ4v) is 3.89. The van der Waals surface area contributed by atoms with Crippen LogP contribution in [0.2, 0.25) is 0 Å². The maximum atomic E-state index is 12.6. The lowest BCUT2D eigenvalue weighted by molar-refractivity contribution is -0.184. The number of hydrogen-bond acceptors (Lipinski definition) is 1. The third-order valence-electron chi connectivity index (χ3n) is 5.42. The maximum Gasteiger partial charge on any atom is 0.391 e. The van der Waals surface area contributed by atoms with Crippen molar-refractivity contribution < 1.29 is 18.0 Å². The molecule has 0 spiro atoms. The molecule has 0 unspecified atom stereocenters. The summed E-state index contributed by atoms with van der Waals surface area (Å²) in [5.74, 6) is -0.135. The average molecular weight is 290 g/mol. The largest absolute Gasteiger partial charge is 0.391 e. The van der Waals surface area contributed by atoms with Crippen LogP contribution in [0.4, 0.5) is 13.2 Å². The summed E-state index contributed by atoms with van der Waals surface area (Å²) in [5.41, 5.74) is 0. The average Bonchev–Trinajstić information content (AvgIpc) is 2.46. The van der Waals surface area contributed by atoms with Crippen LogP contribution in [-0.2, 0) is 4.79 Å². The fourth-order valence-electron chi connectivity index (χ4n) is 3.89. The van der Waals surface area contributed by atoms with Crippen LogP contribution in [0.1, 0.15) is 64.7 Å². The smallest absolute Gasteiger partial charge is 0.299 e. The Hall–Kier alpha value is -0.540. The molecule has 20 heavy (non-hydrogen) atoms. The minimum atomic E-state index is -4.08. The van der Waals surface area contributed by atoms with Crippen LogP contribution >= 0.6 is 0 Å². The Morgan fingerprint density at radius 2 is 1.35 bits per heavy atom. The maximum absolute atomic E-state index is 12.6. The molecule has 0 aromatic heterocycles. The molecule has 2 aliphatic rings. The molecule has 0 amide bonds. The van der Waals surface area contributed by atoms with E-state index >= 15 is 0 Å². The molecule has 1 nitrogen and oxygen atoms in total. The highest BCUT2D eigenvalue weighted by molar-refractivity contribution is 5.83. The Balaban J connectivity index is 1.80.